The van der Waals surface area contributed by atoms with Gasteiger partial charge in [0.15, 0.2) is 0 Å². The van der Waals surface area contributed by atoms with E-state index >= 15 is 0 Å². The Balaban J connectivity index is 1.76. The van der Waals surface area contributed by atoms with Gasteiger partial charge >= 0.3 is 0 Å². The van der Waals surface area contributed by atoms with Crippen molar-refractivity contribution in [3.8, 4) is 0 Å². The number of H-pyrrole nitrogens is 1. The van der Waals surface area contributed by atoms with Gasteiger partial charge in [0.1, 0.15) is 0 Å². The number of nitrogens with one attached hydrogen (secondary N) is 1. The zero-order valence-corrected chi connectivity index (χ0v) is 14.6. The van der Waals surface area contributed by atoms with Crippen molar-refractivity contribution in [3.05, 3.63) is 47.3 Å². The Labute approximate surface area is 144 Å². The molecule has 0 aromatic carbocycles. The molecule has 1 aromatic rings. The minimum Gasteiger partial charge on any atom is -0.281 e. The van der Waals surface area contributed by atoms with E-state index in [1.54, 1.807) is 0 Å². The minimum absolute atomic E-state index is 0.491. The first kappa shape index (κ1) is 15.6. The first-order chi connectivity index (χ1) is 11.8. The van der Waals surface area contributed by atoms with Crippen molar-refractivity contribution in [3.63, 3.8) is 0 Å². The van der Waals surface area contributed by atoms with Gasteiger partial charge in [0.25, 0.3) is 0 Å². The van der Waals surface area contributed by atoms with Gasteiger partial charge in [-0.3, -0.25) is 10.1 Å². The average molecular weight is 321 g/mol. The number of aliphatic imine (C=N–C) groups is 1. The third-order valence-electron chi connectivity index (χ3n) is 5.54. The van der Waals surface area contributed by atoms with Gasteiger partial charge in [0.05, 0.1) is 17.4 Å². The van der Waals surface area contributed by atoms with Crippen molar-refractivity contribution in [1.29, 1.82) is 0 Å². The number of hydrogen-bond donors (Lipinski definition) is 1. The number of nitrogens with zero attached hydrogens (tertiary/aromatic N) is 2. The molecule has 1 atom stereocenters. The normalized spacial score (nSPS) is 26.3. The highest BCUT2D eigenvalue weighted by molar-refractivity contribution is 6.12. The van der Waals surface area contributed by atoms with E-state index in [1.807, 2.05) is 0 Å². The first-order valence-electron chi connectivity index (χ1n) is 9.52. The molecule has 126 valence electrons. The van der Waals surface area contributed by atoms with Gasteiger partial charge < -0.3 is 0 Å². The van der Waals surface area contributed by atoms with E-state index in [9.17, 15) is 0 Å². The summed E-state index contributed by atoms with van der Waals surface area (Å²) in [4.78, 5) is 5.17. The van der Waals surface area contributed by atoms with Crippen LogP contribution in [0.25, 0.3) is 5.57 Å². The quantitative estimate of drug-likeness (QED) is 0.817. The van der Waals surface area contributed by atoms with Crippen LogP contribution >= 0.6 is 0 Å². The van der Waals surface area contributed by atoms with Crippen LogP contribution < -0.4 is 0 Å². The summed E-state index contributed by atoms with van der Waals surface area (Å²) in [5.74, 6) is 0.519. The molecule has 1 unspecified atom stereocenters. The summed E-state index contributed by atoms with van der Waals surface area (Å²) in [6.45, 7) is 2.29. The topological polar surface area (TPSA) is 41.0 Å². The molecule has 1 fully saturated rings. The molecule has 1 aromatic heterocycles. The van der Waals surface area contributed by atoms with Gasteiger partial charge in [-0.25, -0.2) is 0 Å². The molecule has 1 saturated carbocycles. The molecule has 3 aliphatic rings. The van der Waals surface area contributed by atoms with Gasteiger partial charge in [-0.15, -0.1) is 0 Å². The van der Waals surface area contributed by atoms with E-state index < -0.39 is 0 Å². The van der Waals surface area contributed by atoms with E-state index in [0.29, 0.717) is 12.0 Å². The van der Waals surface area contributed by atoms with E-state index in [4.69, 9.17) is 10.1 Å². The van der Waals surface area contributed by atoms with Crippen molar-refractivity contribution in [2.24, 2.45) is 10.9 Å². The van der Waals surface area contributed by atoms with E-state index in [1.165, 1.54) is 48.9 Å². The van der Waals surface area contributed by atoms with Gasteiger partial charge in [-0.1, -0.05) is 50.5 Å². The lowest BCUT2D eigenvalue weighted by Crippen LogP contribution is -2.14. The molecule has 3 heteroatoms. The lowest BCUT2D eigenvalue weighted by Gasteiger charge is -2.20. The number of aromatic nitrogens is 2. The maximum absolute atomic E-state index is 5.17. The molecule has 1 heterocycles. The number of allylic oxidation sites excluding steroid dienone is 6. The van der Waals surface area contributed by atoms with Crippen LogP contribution in [0.3, 0.4) is 0 Å². The maximum atomic E-state index is 5.17. The summed E-state index contributed by atoms with van der Waals surface area (Å²) >= 11 is 0. The molecule has 3 aliphatic carbocycles. The SMILES string of the molecule is CC1CC=CC=C1c1n[nH]c2c1C(=NC1CCCCC1)C=CCC2. The zero-order chi connectivity index (χ0) is 16.4. The summed E-state index contributed by atoms with van der Waals surface area (Å²) in [5, 5.41) is 8.03. The predicted molar refractivity (Wildman–Crippen MR) is 100 cm³/mol. The molecule has 1 N–H and O–H groups in total. The van der Waals surface area contributed by atoms with Crippen LogP contribution in [0.15, 0.2) is 35.4 Å². The van der Waals surface area contributed by atoms with Crippen LogP contribution in [0.1, 0.15) is 68.8 Å². The van der Waals surface area contributed by atoms with Crippen molar-refractivity contribution in [1.82, 2.24) is 10.2 Å². The first-order valence-corrected chi connectivity index (χ1v) is 9.52. The molecular weight excluding hydrogens is 294 g/mol. The second kappa shape index (κ2) is 6.92. The van der Waals surface area contributed by atoms with Crippen LogP contribution in [0, 0.1) is 5.92 Å². The van der Waals surface area contributed by atoms with Crippen LogP contribution in [0.5, 0.6) is 0 Å². The summed E-state index contributed by atoms with van der Waals surface area (Å²) in [7, 11) is 0. The van der Waals surface area contributed by atoms with Crippen LogP contribution in [0.4, 0.5) is 0 Å². The van der Waals surface area contributed by atoms with E-state index in [2.05, 4.69) is 42.4 Å². The fourth-order valence-electron chi connectivity index (χ4n) is 4.12. The number of rotatable bonds is 2. The second-order valence-electron chi connectivity index (χ2n) is 7.36. The summed E-state index contributed by atoms with van der Waals surface area (Å²) in [6.07, 6.45) is 20.8. The largest absolute Gasteiger partial charge is 0.281 e. The fourth-order valence-corrected chi connectivity index (χ4v) is 4.12. The Morgan fingerprint density at radius 2 is 2.04 bits per heavy atom. The summed E-state index contributed by atoms with van der Waals surface area (Å²) < 4.78 is 0. The third kappa shape index (κ3) is 3.04. The Kier molecular flexibility index (Phi) is 4.50. The van der Waals surface area contributed by atoms with Crippen molar-refractivity contribution in [2.45, 2.75) is 64.3 Å². The predicted octanol–water partition coefficient (Wildman–Crippen LogP) is 5.01. The van der Waals surface area contributed by atoms with Gasteiger partial charge in [-0.05, 0) is 49.7 Å². The van der Waals surface area contributed by atoms with Gasteiger partial charge in [0, 0.05) is 11.3 Å². The van der Waals surface area contributed by atoms with Crippen LogP contribution in [-0.2, 0) is 6.42 Å². The highest BCUT2D eigenvalue weighted by atomic mass is 15.1. The molecule has 0 aliphatic heterocycles. The highest BCUT2D eigenvalue weighted by Gasteiger charge is 2.25. The highest BCUT2D eigenvalue weighted by Crippen LogP contribution is 2.33. The molecule has 0 spiro atoms. The Morgan fingerprint density at radius 1 is 1.17 bits per heavy atom. The van der Waals surface area contributed by atoms with Crippen molar-refractivity contribution >= 4 is 11.3 Å². The molecule has 24 heavy (non-hydrogen) atoms. The van der Waals surface area contributed by atoms with Gasteiger partial charge in [0.2, 0.25) is 0 Å². The number of aromatic amines is 1. The monoisotopic (exact) mass is 321 g/mol. The average Bonchev–Trinajstić information content (AvgIpc) is 2.92. The molecule has 0 bridgehead atoms. The molecule has 0 amide bonds. The number of fused-ring (bicyclic) bond motifs is 1. The Morgan fingerprint density at radius 3 is 2.88 bits per heavy atom. The van der Waals surface area contributed by atoms with Crippen LogP contribution in [0.2, 0.25) is 0 Å². The number of hydrogen-bond acceptors (Lipinski definition) is 2. The lowest BCUT2D eigenvalue weighted by atomic mass is 9.88. The van der Waals surface area contributed by atoms with E-state index in [0.717, 1.165) is 30.7 Å². The third-order valence-corrected chi connectivity index (χ3v) is 5.54. The standard InChI is InChI=1S/C21H27N3/c1-15-9-5-6-12-17(15)21-20-18(22-16-10-3-2-4-11-16)13-7-8-14-19(20)23-24-21/h5-7,12-13,15-16H,2-4,8-11,14H2,1H3,(H,23,24). The Bertz CT molecular complexity index is 711. The maximum Gasteiger partial charge on any atom is 0.0980 e. The smallest absolute Gasteiger partial charge is 0.0980 e. The summed E-state index contributed by atoms with van der Waals surface area (Å²) in [5.41, 5.74) is 6.15. The number of aryl methyl sites for hydroxylation is 1. The molecule has 0 radical (unpaired) electrons. The Hall–Kier alpha value is -1.90. The van der Waals surface area contributed by atoms with E-state index in [-0.39, 0.29) is 0 Å². The fraction of sp³-hybridized carbons (Fsp3) is 0.524. The van der Waals surface area contributed by atoms with Crippen molar-refractivity contribution < 1.29 is 0 Å². The molecule has 0 saturated heterocycles. The van der Waals surface area contributed by atoms with Gasteiger partial charge in [-0.2, -0.15) is 5.10 Å². The molecular formula is C21H27N3. The summed E-state index contributed by atoms with van der Waals surface area (Å²) in [6, 6.07) is 0.491. The van der Waals surface area contributed by atoms with Crippen molar-refractivity contribution in [2.75, 3.05) is 0 Å². The molecule has 3 nitrogen and oxygen atoms in total. The lowest BCUT2D eigenvalue weighted by molar-refractivity contribution is 0.444. The second-order valence-corrected chi connectivity index (χ2v) is 7.36. The van der Waals surface area contributed by atoms with Crippen LogP contribution in [-0.4, -0.2) is 22.0 Å². The minimum atomic E-state index is 0.491. The molecule has 4 rings (SSSR count). The zero-order valence-electron chi connectivity index (χ0n) is 14.6.